The Hall–Kier alpha value is -3.35. The van der Waals surface area contributed by atoms with Gasteiger partial charge in [-0.1, -0.05) is 49.9 Å². The molecule has 1 unspecified atom stereocenters. The minimum Gasteiger partial charge on any atom is -0.494 e. The third-order valence-electron chi connectivity index (χ3n) is 7.41. The maximum atomic E-state index is 13.9. The van der Waals surface area contributed by atoms with Gasteiger partial charge in [-0.25, -0.2) is 4.98 Å². The van der Waals surface area contributed by atoms with Crippen LogP contribution in [0.4, 0.5) is 0 Å². The van der Waals surface area contributed by atoms with E-state index < -0.39 is 5.54 Å². The van der Waals surface area contributed by atoms with E-state index >= 15 is 0 Å². The lowest BCUT2D eigenvalue weighted by atomic mass is 9.93. The number of hydrogen-bond donors (Lipinski definition) is 1. The summed E-state index contributed by atoms with van der Waals surface area (Å²) in [7, 11) is 0. The van der Waals surface area contributed by atoms with Crippen molar-refractivity contribution in [3.05, 3.63) is 59.9 Å². The van der Waals surface area contributed by atoms with Gasteiger partial charge in [0, 0.05) is 12.6 Å². The molecule has 1 aromatic heterocycles. The minimum atomic E-state index is -1.04. The van der Waals surface area contributed by atoms with E-state index in [4.69, 9.17) is 4.74 Å². The van der Waals surface area contributed by atoms with Crippen molar-refractivity contribution in [3.8, 4) is 5.75 Å². The Bertz CT molecular complexity index is 1210. The zero-order valence-corrected chi connectivity index (χ0v) is 20.6. The summed E-state index contributed by atoms with van der Waals surface area (Å²) in [5.41, 5.74) is 1.55. The minimum absolute atomic E-state index is 0.0906. The molecule has 184 valence electrons. The first-order valence-corrected chi connectivity index (χ1v) is 12.8. The van der Waals surface area contributed by atoms with Crippen LogP contribution in [0.5, 0.6) is 5.75 Å². The van der Waals surface area contributed by atoms with Gasteiger partial charge in [-0.2, -0.15) is 0 Å². The summed E-state index contributed by atoms with van der Waals surface area (Å²) in [5, 5.41) is 3.32. The Morgan fingerprint density at radius 2 is 1.80 bits per heavy atom. The number of hydrogen-bond acceptors (Lipinski definition) is 4. The highest BCUT2D eigenvalue weighted by Crippen LogP contribution is 2.32. The van der Waals surface area contributed by atoms with Crippen LogP contribution in [0.2, 0.25) is 0 Å². The smallest absolute Gasteiger partial charge is 0.291 e. The van der Waals surface area contributed by atoms with Gasteiger partial charge in [0.15, 0.2) is 5.82 Å². The molecule has 2 aromatic carbocycles. The number of imidazole rings is 1. The van der Waals surface area contributed by atoms with Crippen molar-refractivity contribution in [2.24, 2.45) is 0 Å². The Morgan fingerprint density at radius 3 is 2.51 bits per heavy atom. The number of carbonyl (C=O) groups is 2. The first-order valence-electron chi connectivity index (χ1n) is 12.8. The highest BCUT2D eigenvalue weighted by atomic mass is 16.5. The van der Waals surface area contributed by atoms with Gasteiger partial charge in [-0.15, -0.1) is 0 Å². The molecule has 2 heterocycles. The van der Waals surface area contributed by atoms with Crippen molar-refractivity contribution in [1.29, 1.82) is 0 Å². The molecule has 3 aromatic rings. The van der Waals surface area contributed by atoms with Crippen LogP contribution in [0, 0.1) is 0 Å². The third-order valence-corrected chi connectivity index (χ3v) is 7.41. The molecule has 2 amide bonds. The van der Waals surface area contributed by atoms with Crippen molar-refractivity contribution in [2.75, 3.05) is 6.61 Å². The number of fused-ring (bicyclic) bond motifs is 3. The number of nitrogens with one attached hydrogen (secondary N) is 1. The van der Waals surface area contributed by atoms with E-state index in [9.17, 15) is 9.59 Å². The van der Waals surface area contributed by atoms with E-state index in [1.54, 1.807) is 4.90 Å². The highest BCUT2D eigenvalue weighted by molar-refractivity contribution is 6.01. The average molecular weight is 475 g/mol. The van der Waals surface area contributed by atoms with E-state index in [1.807, 2.05) is 66.9 Å². The van der Waals surface area contributed by atoms with Crippen LogP contribution in [0.1, 0.15) is 68.6 Å². The number of carbonyl (C=O) groups excluding carboxylic acids is 2. The second kappa shape index (κ2) is 9.72. The third kappa shape index (κ3) is 4.51. The van der Waals surface area contributed by atoms with Gasteiger partial charge in [-0.3, -0.25) is 9.59 Å². The SMILES string of the molecule is CCOc1ccc(CN2C(=O)c3nc4ccccc4n3CC2(C)C(=O)NC2CCCCCC2)cc1. The fourth-order valence-electron chi connectivity index (χ4n) is 5.38. The molecule has 1 N–H and O–H groups in total. The van der Waals surface area contributed by atoms with Gasteiger partial charge in [-0.05, 0) is 56.5 Å². The highest BCUT2D eigenvalue weighted by Gasteiger charge is 2.48. The van der Waals surface area contributed by atoms with Gasteiger partial charge < -0.3 is 19.5 Å². The zero-order valence-electron chi connectivity index (χ0n) is 20.6. The monoisotopic (exact) mass is 474 g/mol. The molecule has 1 saturated carbocycles. The molecule has 0 saturated heterocycles. The molecular formula is C28H34N4O3. The van der Waals surface area contributed by atoms with E-state index in [-0.39, 0.29) is 17.9 Å². The molecule has 1 aliphatic heterocycles. The maximum Gasteiger partial charge on any atom is 0.291 e. The molecule has 2 aliphatic rings. The van der Waals surface area contributed by atoms with Crippen LogP contribution in [0.15, 0.2) is 48.5 Å². The van der Waals surface area contributed by atoms with Crippen LogP contribution in [-0.2, 0) is 17.9 Å². The van der Waals surface area contributed by atoms with Gasteiger partial charge in [0.2, 0.25) is 5.91 Å². The number of amides is 2. The molecule has 1 aliphatic carbocycles. The first kappa shape index (κ1) is 23.4. The standard InChI is InChI=1S/C28H34N4O3/c1-3-35-22-16-14-20(15-17-22)18-32-26(33)25-30-23-12-8-9-13-24(23)31(25)19-28(32,2)27(34)29-21-10-6-4-5-7-11-21/h8-9,12-17,21H,3-7,10-11,18-19H2,1-2H3,(H,29,34). The molecule has 0 spiro atoms. The molecule has 0 bridgehead atoms. The van der Waals surface area contributed by atoms with E-state index in [0.29, 0.717) is 25.5 Å². The fraction of sp³-hybridized carbons (Fsp3) is 0.464. The predicted octanol–water partition coefficient (Wildman–Crippen LogP) is 4.69. The molecule has 7 nitrogen and oxygen atoms in total. The van der Waals surface area contributed by atoms with Crippen LogP contribution < -0.4 is 10.1 Å². The molecular weight excluding hydrogens is 440 g/mol. The molecule has 5 rings (SSSR count). The largest absolute Gasteiger partial charge is 0.494 e. The predicted molar refractivity (Wildman–Crippen MR) is 135 cm³/mol. The lowest BCUT2D eigenvalue weighted by molar-refractivity contribution is -0.134. The molecule has 7 heteroatoms. The number of rotatable bonds is 6. The Labute approximate surface area is 206 Å². The maximum absolute atomic E-state index is 13.9. The van der Waals surface area contributed by atoms with Crippen LogP contribution >= 0.6 is 0 Å². The molecule has 1 fully saturated rings. The second-order valence-corrected chi connectivity index (χ2v) is 9.91. The van der Waals surface area contributed by atoms with Gasteiger partial charge >= 0.3 is 0 Å². The van der Waals surface area contributed by atoms with E-state index in [1.165, 1.54) is 12.8 Å². The summed E-state index contributed by atoms with van der Waals surface area (Å²) in [4.78, 5) is 34.1. The number of aromatic nitrogens is 2. The Balaban J connectivity index is 1.50. The van der Waals surface area contributed by atoms with Gasteiger partial charge in [0.25, 0.3) is 5.91 Å². The number of nitrogens with zero attached hydrogens (tertiary/aromatic N) is 3. The fourth-order valence-corrected chi connectivity index (χ4v) is 5.38. The molecule has 0 radical (unpaired) electrons. The summed E-state index contributed by atoms with van der Waals surface area (Å²) in [6.07, 6.45) is 6.69. The summed E-state index contributed by atoms with van der Waals surface area (Å²) < 4.78 is 7.48. The molecule has 35 heavy (non-hydrogen) atoms. The summed E-state index contributed by atoms with van der Waals surface area (Å²) in [6.45, 7) is 5.13. The normalized spacial score (nSPS) is 21.0. The number of benzene rings is 2. The Kier molecular flexibility index (Phi) is 6.50. The van der Waals surface area contributed by atoms with Crippen molar-refractivity contribution in [3.63, 3.8) is 0 Å². The van der Waals surface area contributed by atoms with Crippen molar-refractivity contribution < 1.29 is 14.3 Å². The lowest BCUT2D eigenvalue weighted by Crippen LogP contribution is -2.64. The zero-order chi connectivity index (χ0) is 24.4. The van der Waals surface area contributed by atoms with Crippen molar-refractivity contribution >= 4 is 22.8 Å². The lowest BCUT2D eigenvalue weighted by Gasteiger charge is -2.44. The van der Waals surface area contributed by atoms with Gasteiger partial charge in [0.05, 0.1) is 24.2 Å². The quantitative estimate of drug-likeness (QED) is 0.526. The Morgan fingerprint density at radius 1 is 1.09 bits per heavy atom. The summed E-state index contributed by atoms with van der Waals surface area (Å²) in [5.74, 6) is 0.862. The number of ether oxygens (including phenoxy) is 1. The van der Waals surface area contributed by atoms with Crippen LogP contribution in [0.3, 0.4) is 0 Å². The second-order valence-electron chi connectivity index (χ2n) is 9.91. The van der Waals surface area contributed by atoms with Gasteiger partial charge in [0.1, 0.15) is 11.3 Å². The first-order chi connectivity index (χ1) is 17.0. The topological polar surface area (TPSA) is 76.5 Å². The van der Waals surface area contributed by atoms with Crippen molar-refractivity contribution in [2.45, 2.75) is 77.0 Å². The summed E-state index contributed by atoms with van der Waals surface area (Å²) in [6, 6.07) is 15.6. The van der Waals surface area contributed by atoms with Crippen LogP contribution in [0.25, 0.3) is 11.0 Å². The van der Waals surface area contributed by atoms with Crippen LogP contribution in [-0.4, -0.2) is 44.5 Å². The van der Waals surface area contributed by atoms with Crippen molar-refractivity contribution in [1.82, 2.24) is 19.8 Å². The number of para-hydroxylation sites is 2. The molecule has 1 atom stereocenters. The van der Waals surface area contributed by atoms with E-state index in [0.717, 1.165) is 48.0 Å². The summed E-state index contributed by atoms with van der Waals surface area (Å²) >= 11 is 0. The van der Waals surface area contributed by atoms with E-state index in [2.05, 4.69) is 10.3 Å². The average Bonchev–Trinajstić information content (AvgIpc) is 3.03.